The van der Waals surface area contributed by atoms with Crippen LogP contribution >= 0.6 is 11.6 Å². The minimum Gasteiger partial charge on any atom is -0.321 e. The van der Waals surface area contributed by atoms with Crippen LogP contribution < -0.4 is 5.73 Å². The Hall–Kier alpha value is -0.740. The number of halogens is 4. The molecule has 0 amide bonds. The van der Waals surface area contributed by atoms with Gasteiger partial charge in [0, 0.05) is 10.6 Å². The van der Waals surface area contributed by atoms with Gasteiger partial charge < -0.3 is 5.73 Å². The third kappa shape index (κ3) is 2.11. The summed E-state index contributed by atoms with van der Waals surface area (Å²) in [5, 5.41) is 0.0801. The summed E-state index contributed by atoms with van der Waals surface area (Å²) in [4.78, 5) is 0. The Balaban J connectivity index is 2.46. The molecule has 1 saturated carbocycles. The summed E-state index contributed by atoms with van der Waals surface area (Å²) in [5.41, 5.74) is 4.97. The van der Waals surface area contributed by atoms with Crippen LogP contribution in [0.3, 0.4) is 0 Å². The summed E-state index contributed by atoms with van der Waals surface area (Å²) in [5.74, 6) is 0. The first-order valence-electron chi connectivity index (χ1n) is 4.48. The van der Waals surface area contributed by atoms with Gasteiger partial charge in [0.1, 0.15) is 0 Å². The molecule has 1 nitrogen and oxygen atoms in total. The van der Waals surface area contributed by atoms with Crippen molar-refractivity contribution >= 4 is 11.6 Å². The smallest absolute Gasteiger partial charge is 0.321 e. The third-order valence-electron chi connectivity index (χ3n) is 2.59. The lowest BCUT2D eigenvalue weighted by Gasteiger charge is -2.13. The first-order chi connectivity index (χ1) is 6.81. The van der Waals surface area contributed by atoms with Crippen molar-refractivity contribution in [3.63, 3.8) is 0 Å². The summed E-state index contributed by atoms with van der Waals surface area (Å²) in [6, 6.07) is 3.50. The monoisotopic (exact) mass is 235 g/mol. The zero-order valence-electron chi connectivity index (χ0n) is 7.74. The van der Waals surface area contributed by atoms with E-state index in [4.69, 9.17) is 17.3 Å². The van der Waals surface area contributed by atoms with Crippen molar-refractivity contribution in [3.05, 3.63) is 34.3 Å². The van der Waals surface area contributed by atoms with Crippen LogP contribution in [0.25, 0.3) is 0 Å². The first-order valence-corrected chi connectivity index (χ1v) is 4.86. The summed E-state index contributed by atoms with van der Waals surface area (Å²) in [6.07, 6.45) is -2.94. The SMILES string of the molecule is NC1(c2cc(Cl)cc(C(F)(F)F)c2)CC1. The average molecular weight is 236 g/mol. The van der Waals surface area contributed by atoms with Crippen molar-refractivity contribution in [3.8, 4) is 0 Å². The van der Waals surface area contributed by atoms with Gasteiger partial charge in [-0.2, -0.15) is 13.2 Å². The topological polar surface area (TPSA) is 26.0 Å². The fourth-order valence-electron chi connectivity index (χ4n) is 1.46. The fraction of sp³-hybridized carbons (Fsp3) is 0.400. The molecule has 0 atom stereocenters. The zero-order valence-corrected chi connectivity index (χ0v) is 8.49. The zero-order chi connectivity index (χ0) is 11.3. The number of benzene rings is 1. The molecule has 5 heteroatoms. The molecule has 1 aromatic carbocycles. The largest absolute Gasteiger partial charge is 0.416 e. The third-order valence-corrected chi connectivity index (χ3v) is 2.81. The fourth-order valence-corrected chi connectivity index (χ4v) is 1.70. The highest BCUT2D eigenvalue weighted by Gasteiger charge is 2.42. The molecule has 82 valence electrons. The van der Waals surface area contributed by atoms with Crippen LogP contribution in [0, 0.1) is 0 Å². The van der Waals surface area contributed by atoms with Gasteiger partial charge in [-0.05, 0) is 36.6 Å². The highest BCUT2D eigenvalue weighted by molar-refractivity contribution is 6.30. The van der Waals surface area contributed by atoms with E-state index in [2.05, 4.69) is 0 Å². The first kappa shape index (κ1) is 10.8. The van der Waals surface area contributed by atoms with Crippen molar-refractivity contribution in [2.75, 3.05) is 0 Å². The van der Waals surface area contributed by atoms with E-state index in [-0.39, 0.29) is 5.02 Å². The molecule has 1 fully saturated rings. The second-order valence-electron chi connectivity index (χ2n) is 3.88. The second kappa shape index (κ2) is 3.12. The van der Waals surface area contributed by atoms with Gasteiger partial charge in [-0.3, -0.25) is 0 Å². The molecule has 0 radical (unpaired) electrons. The van der Waals surface area contributed by atoms with E-state index in [1.54, 1.807) is 0 Å². The maximum atomic E-state index is 12.5. The average Bonchev–Trinajstić information content (AvgIpc) is 2.82. The van der Waals surface area contributed by atoms with E-state index < -0.39 is 17.3 Å². The van der Waals surface area contributed by atoms with E-state index in [0.29, 0.717) is 18.4 Å². The molecule has 2 N–H and O–H groups in total. The number of rotatable bonds is 1. The Morgan fingerprint density at radius 1 is 1.20 bits per heavy atom. The van der Waals surface area contributed by atoms with E-state index in [1.807, 2.05) is 0 Å². The van der Waals surface area contributed by atoms with Crippen molar-refractivity contribution < 1.29 is 13.2 Å². The maximum Gasteiger partial charge on any atom is 0.416 e. The Morgan fingerprint density at radius 3 is 2.27 bits per heavy atom. The molecule has 1 aliphatic carbocycles. The predicted molar refractivity (Wildman–Crippen MR) is 51.6 cm³/mol. The molecule has 0 spiro atoms. The van der Waals surface area contributed by atoms with Crippen LogP contribution in [0.4, 0.5) is 13.2 Å². The number of hydrogen-bond acceptors (Lipinski definition) is 1. The van der Waals surface area contributed by atoms with Crippen LogP contribution in [0.5, 0.6) is 0 Å². The van der Waals surface area contributed by atoms with Gasteiger partial charge in [0.05, 0.1) is 5.56 Å². The summed E-state index contributed by atoms with van der Waals surface area (Å²) in [7, 11) is 0. The van der Waals surface area contributed by atoms with Gasteiger partial charge in [0.15, 0.2) is 0 Å². The van der Waals surface area contributed by atoms with Crippen LogP contribution in [0.2, 0.25) is 5.02 Å². The van der Waals surface area contributed by atoms with Crippen LogP contribution in [-0.2, 0) is 11.7 Å². The van der Waals surface area contributed by atoms with Crippen LogP contribution in [0.15, 0.2) is 18.2 Å². The quantitative estimate of drug-likeness (QED) is 0.794. The Bertz CT molecular complexity index is 373. The lowest BCUT2D eigenvalue weighted by atomic mass is 10.0. The number of hydrogen-bond donors (Lipinski definition) is 1. The molecule has 0 unspecified atom stereocenters. The lowest BCUT2D eigenvalue weighted by Crippen LogP contribution is -2.19. The van der Waals surface area contributed by atoms with E-state index in [1.165, 1.54) is 6.07 Å². The van der Waals surface area contributed by atoms with Crippen molar-refractivity contribution in [1.82, 2.24) is 0 Å². The molecule has 0 bridgehead atoms. The van der Waals surface area contributed by atoms with E-state index in [0.717, 1.165) is 12.1 Å². The molecule has 1 aromatic rings. The van der Waals surface area contributed by atoms with Gasteiger partial charge >= 0.3 is 6.18 Å². The standard InChI is InChI=1S/C10H9ClF3N/c11-8-4-6(9(15)1-2-9)3-7(5-8)10(12,13)14/h3-5H,1-2,15H2. The minimum absolute atomic E-state index is 0.0801. The number of nitrogens with two attached hydrogens (primary N) is 1. The number of alkyl halides is 3. The molecule has 0 aliphatic heterocycles. The lowest BCUT2D eigenvalue weighted by molar-refractivity contribution is -0.137. The molecule has 2 rings (SSSR count). The molecule has 0 aromatic heterocycles. The Kier molecular flexibility index (Phi) is 2.24. The molecular formula is C10H9ClF3N. The minimum atomic E-state index is -4.37. The molecule has 1 aliphatic rings. The second-order valence-corrected chi connectivity index (χ2v) is 4.32. The van der Waals surface area contributed by atoms with Crippen molar-refractivity contribution in [1.29, 1.82) is 0 Å². The van der Waals surface area contributed by atoms with Crippen molar-refractivity contribution in [2.24, 2.45) is 5.73 Å². The van der Waals surface area contributed by atoms with Crippen LogP contribution in [-0.4, -0.2) is 0 Å². The van der Waals surface area contributed by atoms with Crippen molar-refractivity contribution in [2.45, 2.75) is 24.6 Å². The van der Waals surface area contributed by atoms with Gasteiger partial charge in [-0.15, -0.1) is 0 Å². The summed E-state index contributed by atoms with van der Waals surface area (Å²) >= 11 is 5.63. The van der Waals surface area contributed by atoms with Gasteiger partial charge in [0.2, 0.25) is 0 Å². The van der Waals surface area contributed by atoms with Gasteiger partial charge in [0.25, 0.3) is 0 Å². The normalized spacial score (nSPS) is 19.0. The predicted octanol–water partition coefficient (Wildman–Crippen LogP) is 3.31. The molecule has 0 saturated heterocycles. The van der Waals surface area contributed by atoms with Crippen LogP contribution in [0.1, 0.15) is 24.0 Å². The Morgan fingerprint density at radius 2 is 1.80 bits per heavy atom. The molecule has 15 heavy (non-hydrogen) atoms. The van der Waals surface area contributed by atoms with Gasteiger partial charge in [-0.1, -0.05) is 11.6 Å². The maximum absolute atomic E-state index is 12.5. The Labute approximate surface area is 90.0 Å². The summed E-state index contributed by atoms with van der Waals surface area (Å²) in [6.45, 7) is 0. The van der Waals surface area contributed by atoms with Gasteiger partial charge in [-0.25, -0.2) is 0 Å². The van der Waals surface area contributed by atoms with E-state index >= 15 is 0 Å². The highest BCUT2D eigenvalue weighted by atomic mass is 35.5. The summed E-state index contributed by atoms with van der Waals surface area (Å²) < 4.78 is 37.4. The highest BCUT2D eigenvalue weighted by Crippen LogP contribution is 2.45. The van der Waals surface area contributed by atoms with E-state index in [9.17, 15) is 13.2 Å². The molecular weight excluding hydrogens is 227 g/mol. The molecule has 0 heterocycles.